The molecule has 4 heteroatoms. The summed E-state index contributed by atoms with van der Waals surface area (Å²) in [4.78, 5) is 0. The van der Waals surface area contributed by atoms with Crippen molar-refractivity contribution in [1.82, 2.24) is 0 Å². The van der Waals surface area contributed by atoms with Crippen molar-refractivity contribution < 1.29 is 18.3 Å². The Morgan fingerprint density at radius 1 is 1.29 bits per heavy atom. The normalized spacial score (nSPS) is 28.1. The quantitative estimate of drug-likeness (QED) is 0.773. The lowest BCUT2D eigenvalue weighted by Crippen LogP contribution is -2.27. The molecule has 102 valence electrons. The van der Waals surface area contributed by atoms with Gasteiger partial charge in [0.15, 0.2) is 0 Å². The van der Waals surface area contributed by atoms with Crippen molar-refractivity contribution in [2.45, 2.75) is 70.6 Å². The largest absolute Gasteiger partial charge is 0.393 e. The van der Waals surface area contributed by atoms with Crippen molar-refractivity contribution in [3.63, 3.8) is 0 Å². The van der Waals surface area contributed by atoms with E-state index in [0.717, 1.165) is 25.7 Å². The van der Waals surface area contributed by atoms with Crippen LogP contribution in [-0.4, -0.2) is 17.4 Å². The summed E-state index contributed by atoms with van der Waals surface area (Å²) >= 11 is 0. The van der Waals surface area contributed by atoms with Crippen LogP contribution in [0.3, 0.4) is 0 Å². The standard InChI is InChI=1S/C13H23F3O/c1-2-10-5-3-6-11(9-10)12(17)7-4-8-13(14,15)16/h10-12,17H,2-9H2,1H3. The first-order chi connectivity index (χ1) is 7.92. The second-order valence-corrected chi connectivity index (χ2v) is 5.28. The smallest absolute Gasteiger partial charge is 0.389 e. The van der Waals surface area contributed by atoms with Crippen LogP contribution in [-0.2, 0) is 0 Å². The van der Waals surface area contributed by atoms with Crippen molar-refractivity contribution in [3.8, 4) is 0 Å². The van der Waals surface area contributed by atoms with Crippen LogP contribution < -0.4 is 0 Å². The Hall–Kier alpha value is -0.250. The summed E-state index contributed by atoms with van der Waals surface area (Å²) in [6.07, 6.45) is 0.359. The Balaban J connectivity index is 2.24. The van der Waals surface area contributed by atoms with E-state index in [1.54, 1.807) is 0 Å². The van der Waals surface area contributed by atoms with Crippen molar-refractivity contribution in [2.75, 3.05) is 0 Å². The Kier molecular flexibility index (Phi) is 5.77. The number of alkyl halides is 3. The van der Waals surface area contributed by atoms with Crippen LogP contribution in [0.25, 0.3) is 0 Å². The molecule has 0 aromatic rings. The van der Waals surface area contributed by atoms with E-state index in [4.69, 9.17) is 0 Å². The van der Waals surface area contributed by atoms with Crippen LogP contribution in [0.4, 0.5) is 13.2 Å². The topological polar surface area (TPSA) is 20.2 Å². The van der Waals surface area contributed by atoms with Gasteiger partial charge in [-0.25, -0.2) is 0 Å². The number of rotatable bonds is 5. The second-order valence-electron chi connectivity index (χ2n) is 5.28. The van der Waals surface area contributed by atoms with Gasteiger partial charge in [-0.05, 0) is 37.5 Å². The van der Waals surface area contributed by atoms with Crippen molar-refractivity contribution in [3.05, 3.63) is 0 Å². The molecule has 1 aliphatic rings. The first-order valence-electron chi connectivity index (χ1n) is 6.67. The number of hydrogen-bond donors (Lipinski definition) is 1. The monoisotopic (exact) mass is 252 g/mol. The molecule has 3 unspecified atom stereocenters. The molecule has 0 aromatic carbocycles. The molecule has 0 amide bonds. The van der Waals surface area contributed by atoms with Crippen LogP contribution in [0.5, 0.6) is 0 Å². The van der Waals surface area contributed by atoms with E-state index in [2.05, 4.69) is 6.92 Å². The van der Waals surface area contributed by atoms with E-state index in [1.165, 1.54) is 6.42 Å². The maximum absolute atomic E-state index is 12.0. The fourth-order valence-corrected chi connectivity index (χ4v) is 2.80. The summed E-state index contributed by atoms with van der Waals surface area (Å²) in [5.41, 5.74) is 0. The van der Waals surface area contributed by atoms with Crippen molar-refractivity contribution in [2.24, 2.45) is 11.8 Å². The zero-order valence-corrected chi connectivity index (χ0v) is 10.5. The van der Waals surface area contributed by atoms with E-state index in [0.29, 0.717) is 12.3 Å². The van der Waals surface area contributed by atoms with E-state index in [1.807, 2.05) is 0 Å². The molecule has 0 bridgehead atoms. The van der Waals surface area contributed by atoms with Gasteiger partial charge in [0.05, 0.1) is 6.10 Å². The summed E-state index contributed by atoms with van der Waals surface area (Å²) in [6.45, 7) is 2.14. The highest BCUT2D eigenvalue weighted by Gasteiger charge is 2.29. The number of hydrogen-bond acceptors (Lipinski definition) is 1. The zero-order valence-electron chi connectivity index (χ0n) is 10.5. The second kappa shape index (κ2) is 6.62. The third-order valence-corrected chi connectivity index (χ3v) is 3.91. The average Bonchev–Trinajstić information content (AvgIpc) is 2.27. The molecule has 3 atom stereocenters. The van der Waals surface area contributed by atoms with Crippen LogP contribution in [0.15, 0.2) is 0 Å². The van der Waals surface area contributed by atoms with Gasteiger partial charge in [-0.3, -0.25) is 0 Å². The van der Waals surface area contributed by atoms with Gasteiger partial charge in [0.2, 0.25) is 0 Å². The fourth-order valence-electron chi connectivity index (χ4n) is 2.80. The van der Waals surface area contributed by atoms with Crippen molar-refractivity contribution >= 4 is 0 Å². The molecule has 0 aromatic heterocycles. The molecule has 1 N–H and O–H groups in total. The fraction of sp³-hybridized carbons (Fsp3) is 1.00. The summed E-state index contributed by atoms with van der Waals surface area (Å²) < 4.78 is 35.9. The Bertz CT molecular complexity index is 215. The predicted octanol–water partition coefficient (Wildman–Crippen LogP) is 4.30. The van der Waals surface area contributed by atoms with Gasteiger partial charge < -0.3 is 5.11 Å². The molecule has 1 nitrogen and oxygen atoms in total. The summed E-state index contributed by atoms with van der Waals surface area (Å²) in [7, 11) is 0. The van der Waals surface area contributed by atoms with E-state index >= 15 is 0 Å². The zero-order chi connectivity index (χ0) is 12.9. The number of halogens is 3. The molecule has 0 spiro atoms. The first kappa shape index (κ1) is 14.8. The maximum Gasteiger partial charge on any atom is 0.389 e. The third-order valence-electron chi connectivity index (χ3n) is 3.91. The molecular weight excluding hydrogens is 229 g/mol. The van der Waals surface area contributed by atoms with Crippen LogP contribution in [0, 0.1) is 11.8 Å². The van der Waals surface area contributed by atoms with Crippen LogP contribution >= 0.6 is 0 Å². The number of aliphatic hydroxyl groups excluding tert-OH is 1. The maximum atomic E-state index is 12.0. The molecule has 0 aliphatic heterocycles. The van der Waals surface area contributed by atoms with E-state index in [9.17, 15) is 18.3 Å². The summed E-state index contributed by atoms with van der Waals surface area (Å²) in [5, 5.41) is 9.92. The lowest BCUT2D eigenvalue weighted by atomic mass is 9.77. The van der Waals surface area contributed by atoms with E-state index in [-0.39, 0.29) is 12.3 Å². The summed E-state index contributed by atoms with van der Waals surface area (Å²) in [6, 6.07) is 0. The highest BCUT2D eigenvalue weighted by atomic mass is 19.4. The predicted molar refractivity (Wildman–Crippen MR) is 61.7 cm³/mol. The molecule has 1 aliphatic carbocycles. The minimum Gasteiger partial charge on any atom is -0.393 e. The van der Waals surface area contributed by atoms with Crippen LogP contribution in [0.1, 0.15) is 58.3 Å². The molecule has 0 saturated heterocycles. The lowest BCUT2D eigenvalue weighted by molar-refractivity contribution is -0.137. The average molecular weight is 252 g/mol. The van der Waals surface area contributed by atoms with Gasteiger partial charge in [0, 0.05) is 6.42 Å². The minimum absolute atomic E-state index is 0.0535. The van der Waals surface area contributed by atoms with Gasteiger partial charge in [-0.2, -0.15) is 13.2 Å². The highest BCUT2D eigenvalue weighted by molar-refractivity contribution is 4.77. The first-order valence-corrected chi connectivity index (χ1v) is 6.67. The minimum atomic E-state index is -4.09. The molecule has 1 saturated carbocycles. The van der Waals surface area contributed by atoms with Gasteiger partial charge >= 0.3 is 6.18 Å². The Morgan fingerprint density at radius 2 is 2.00 bits per heavy atom. The molecule has 1 rings (SSSR count). The lowest BCUT2D eigenvalue weighted by Gasteiger charge is -2.31. The van der Waals surface area contributed by atoms with Gasteiger partial charge in [0.1, 0.15) is 0 Å². The van der Waals surface area contributed by atoms with Crippen LogP contribution in [0.2, 0.25) is 0 Å². The third kappa shape index (κ3) is 5.75. The van der Waals surface area contributed by atoms with Gasteiger partial charge in [0.25, 0.3) is 0 Å². The molecule has 0 heterocycles. The number of aliphatic hydroxyl groups is 1. The molecule has 1 fully saturated rings. The molecule has 17 heavy (non-hydrogen) atoms. The summed E-state index contributed by atoms with van der Waals surface area (Å²) in [5.74, 6) is 0.882. The van der Waals surface area contributed by atoms with Gasteiger partial charge in [-0.15, -0.1) is 0 Å². The molecule has 0 radical (unpaired) electrons. The molecular formula is C13H23F3O. The van der Waals surface area contributed by atoms with Crippen molar-refractivity contribution in [1.29, 1.82) is 0 Å². The van der Waals surface area contributed by atoms with E-state index < -0.39 is 18.7 Å². The Labute approximate surface area is 101 Å². The SMILES string of the molecule is CCC1CCCC(C(O)CCCC(F)(F)F)C1. The highest BCUT2D eigenvalue weighted by Crippen LogP contribution is 2.34. The van der Waals surface area contributed by atoms with Gasteiger partial charge in [-0.1, -0.05) is 26.2 Å². The Morgan fingerprint density at radius 3 is 2.59 bits per heavy atom.